The van der Waals surface area contributed by atoms with Gasteiger partial charge in [0.2, 0.25) is 0 Å². The van der Waals surface area contributed by atoms with Crippen LogP contribution in [0, 0.1) is 5.92 Å². The second-order valence-corrected chi connectivity index (χ2v) is 5.45. The first-order valence-electron chi connectivity index (χ1n) is 6.20. The van der Waals surface area contributed by atoms with E-state index in [2.05, 4.69) is 0 Å². The number of furan rings is 1. The molecule has 1 N–H and O–H groups in total. The van der Waals surface area contributed by atoms with E-state index in [-0.39, 0.29) is 18.6 Å². The Kier molecular flexibility index (Phi) is 5.07. The van der Waals surface area contributed by atoms with Crippen molar-refractivity contribution in [2.75, 3.05) is 0 Å². The predicted molar refractivity (Wildman–Crippen MR) is 69.4 cm³/mol. The molecule has 110 valence electrons. The third-order valence-electron chi connectivity index (χ3n) is 2.41. The number of carboxylic acid groups (broad SMARTS) is 1. The normalized spacial score (nSPS) is 12.8. The SMILES string of the molecule is CC(C)(C)OC(=O)C(CC(=O)O)Cc1ccc(C=O)o1. The summed E-state index contributed by atoms with van der Waals surface area (Å²) in [6, 6.07) is 3.01. The summed E-state index contributed by atoms with van der Waals surface area (Å²) >= 11 is 0. The summed E-state index contributed by atoms with van der Waals surface area (Å²) in [6.45, 7) is 5.13. The quantitative estimate of drug-likeness (QED) is 0.634. The van der Waals surface area contributed by atoms with Gasteiger partial charge in [0.15, 0.2) is 12.0 Å². The molecule has 0 aromatic carbocycles. The van der Waals surface area contributed by atoms with Gasteiger partial charge < -0.3 is 14.3 Å². The molecule has 0 saturated heterocycles. The summed E-state index contributed by atoms with van der Waals surface area (Å²) in [6.07, 6.45) is 0.268. The zero-order valence-corrected chi connectivity index (χ0v) is 11.7. The number of carboxylic acids is 1. The Morgan fingerprint density at radius 2 is 2.05 bits per heavy atom. The number of carbonyl (C=O) groups excluding carboxylic acids is 2. The van der Waals surface area contributed by atoms with Gasteiger partial charge in [0.1, 0.15) is 11.4 Å². The lowest BCUT2D eigenvalue weighted by atomic mass is 9.99. The molecule has 1 heterocycles. The second kappa shape index (κ2) is 6.36. The van der Waals surface area contributed by atoms with Crippen LogP contribution in [0.5, 0.6) is 0 Å². The van der Waals surface area contributed by atoms with Crippen LogP contribution < -0.4 is 0 Å². The molecule has 1 aromatic heterocycles. The van der Waals surface area contributed by atoms with E-state index >= 15 is 0 Å². The third kappa shape index (κ3) is 5.26. The van der Waals surface area contributed by atoms with Crippen LogP contribution in [0.4, 0.5) is 0 Å². The van der Waals surface area contributed by atoms with Crippen molar-refractivity contribution in [2.45, 2.75) is 39.2 Å². The molecule has 1 aromatic rings. The van der Waals surface area contributed by atoms with Crippen LogP contribution >= 0.6 is 0 Å². The molecule has 1 atom stereocenters. The van der Waals surface area contributed by atoms with Crippen LogP contribution in [0.1, 0.15) is 43.5 Å². The summed E-state index contributed by atoms with van der Waals surface area (Å²) in [5.74, 6) is -2.02. The number of esters is 1. The Morgan fingerprint density at radius 3 is 2.50 bits per heavy atom. The number of hydrogen-bond acceptors (Lipinski definition) is 5. The molecule has 6 nitrogen and oxygen atoms in total. The summed E-state index contributed by atoms with van der Waals surface area (Å²) in [5, 5.41) is 8.87. The van der Waals surface area contributed by atoms with E-state index in [1.54, 1.807) is 26.8 Å². The van der Waals surface area contributed by atoms with Gasteiger partial charge in [-0.15, -0.1) is 0 Å². The molecule has 0 amide bonds. The highest BCUT2D eigenvalue weighted by Crippen LogP contribution is 2.19. The maximum atomic E-state index is 12.0. The topological polar surface area (TPSA) is 93.8 Å². The maximum Gasteiger partial charge on any atom is 0.310 e. The predicted octanol–water partition coefficient (Wildman–Crippen LogP) is 2.07. The number of hydrogen-bond donors (Lipinski definition) is 1. The molecule has 0 aliphatic carbocycles. The van der Waals surface area contributed by atoms with E-state index in [1.807, 2.05) is 0 Å². The highest BCUT2D eigenvalue weighted by Gasteiger charge is 2.28. The molecule has 0 saturated carbocycles. The average molecular weight is 282 g/mol. The lowest BCUT2D eigenvalue weighted by Crippen LogP contribution is -2.31. The number of ether oxygens (including phenoxy) is 1. The lowest BCUT2D eigenvalue weighted by molar-refractivity contribution is -0.163. The molecule has 0 fully saturated rings. The number of carbonyl (C=O) groups is 3. The van der Waals surface area contributed by atoms with Gasteiger partial charge in [-0.2, -0.15) is 0 Å². The molecule has 0 spiro atoms. The fraction of sp³-hybridized carbons (Fsp3) is 0.500. The Bertz CT molecular complexity index is 494. The molecular weight excluding hydrogens is 264 g/mol. The molecule has 0 aliphatic heterocycles. The minimum absolute atomic E-state index is 0.0784. The van der Waals surface area contributed by atoms with E-state index in [9.17, 15) is 14.4 Å². The van der Waals surface area contributed by atoms with E-state index in [4.69, 9.17) is 14.3 Å². The standard InChI is InChI=1S/C14H18O6/c1-14(2,3)20-13(18)9(7-12(16)17)6-10-4-5-11(8-15)19-10/h4-5,8-9H,6-7H2,1-3H3,(H,16,17). The Hall–Kier alpha value is -2.11. The van der Waals surface area contributed by atoms with Crippen LogP contribution in [-0.4, -0.2) is 28.9 Å². The van der Waals surface area contributed by atoms with Crippen molar-refractivity contribution < 1.29 is 28.6 Å². The maximum absolute atomic E-state index is 12.0. The fourth-order valence-corrected chi connectivity index (χ4v) is 1.65. The Morgan fingerprint density at radius 1 is 1.40 bits per heavy atom. The van der Waals surface area contributed by atoms with Gasteiger partial charge in [-0.3, -0.25) is 14.4 Å². The molecule has 1 rings (SSSR count). The van der Waals surface area contributed by atoms with Gasteiger partial charge in [0.05, 0.1) is 12.3 Å². The summed E-state index contributed by atoms with van der Waals surface area (Å²) in [4.78, 5) is 33.3. The zero-order chi connectivity index (χ0) is 15.3. The third-order valence-corrected chi connectivity index (χ3v) is 2.41. The molecule has 0 bridgehead atoms. The highest BCUT2D eigenvalue weighted by atomic mass is 16.6. The average Bonchev–Trinajstić information content (AvgIpc) is 2.73. The van der Waals surface area contributed by atoms with Gasteiger partial charge in [0, 0.05) is 6.42 Å². The van der Waals surface area contributed by atoms with Crippen molar-refractivity contribution in [3.63, 3.8) is 0 Å². The van der Waals surface area contributed by atoms with Gasteiger partial charge in [-0.1, -0.05) is 0 Å². The smallest absolute Gasteiger partial charge is 0.310 e. The van der Waals surface area contributed by atoms with E-state index < -0.39 is 23.5 Å². The van der Waals surface area contributed by atoms with Crippen LogP contribution in [0.3, 0.4) is 0 Å². The summed E-state index contributed by atoms with van der Waals surface area (Å²) in [5.41, 5.74) is -0.690. The molecular formula is C14H18O6. The van der Waals surface area contributed by atoms with E-state index in [0.717, 1.165) is 0 Å². The van der Waals surface area contributed by atoms with Gasteiger partial charge >= 0.3 is 11.9 Å². The van der Waals surface area contributed by atoms with Crippen molar-refractivity contribution >= 4 is 18.2 Å². The number of aliphatic carboxylic acids is 1. The summed E-state index contributed by atoms with van der Waals surface area (Å²) < 4.78 is 10.3. The highest BCUT2D eigenvalue weighted by molar-refractivity contribution is 5.79. The Balaban J connectivity index is 2.80. The van der Waals surface area contributed by atoms with Crippen molar-refractivity contribution in [3.05, 3.63) is 23.7 Å². The molecule has 6 heteroatoms. The second-order valence-electron chi connectivity index (χ2n) is 5.45. The first kappa shape index (κ1) is 15.9. The van der Waals surface area contributed by atoms with Crippen LogP contribution in [0.25, 0.3) is 0 Å². The van der Waals surface area contributed by atoms with Crippen molar-refractivity contribution in [1.82, 2.24) is 0 Å². The van der Waals surface area contributed by atoms with Gasteiger partial charge in [0.25, 0.3) is 0 Å². The number of rotatable bonds is 6. The van der Waals surface area contributed by atoms with Crippen LogP contribution in [0.2, 0.25) is 0 Å². The summed E-state index contributed by atoms with van der Waals surface area (Å²) in [7, 11) is 0. The van der Waals surface area contributed by atoms with Crippen molar-refractivity contribution in [1.29, 1.82) is 0 Å². The van der Waals surface area contributed by atoms with Crippen molar-refractivity contribution in [3.8, 4) is 0 Å². The van der Waals surface area contributed by atoms with Crippen LogP contribution in [0.15, 0.2) is 16.5 Å². The minimum atomic E-state index is -1.09. The lowest BCUT2D eigenvalue weighted by Gasteiger charge is -2.23. The monoisotopic (exact) mass is 282 g/mol. The minimum Gasteiger partial charge on any atom is -0.481 e. The molecule has 0 aliphatic rings. The van der Waals surface area contributed by atoms with Gasteiger partial charge in [-0.05, 0) is 32.9 Å². The van der Waals surface area contributed by atoms with Crippen LogP contribution in [-0.2, 0) is 20.7 Å². The van der Waals surface area contributed by atoms with Gasteiger partial charge in [-0.25, -0.2) is 0 Å². The fourth-order valence-electron chi connectivity index (χ4n) is 1.65. The number of aldehydes is 1. The first-order valence-corrected chi connectivity index (χ1v) is 6.20. The molecule has 20 heavy (non-hydrogen) atoms. The van der Waals surface area contributed by atoms with Crippen molar-refractivity contribution in [2.24, 2.45) is 5.92 Å². The first-order chi connectivity index (χ1) is 9.21. The van der Waals surface area contributed by atoms with E-state index in [1.165, 1.54) is 6.07 Å². The van der Waals surface area contributed by atoms with E-state index in [0.29, 0.717) is 12.0 Å². The zero-order valence-electron chi connectivity index (χ0n) is 11.7. The largest absolute Gasteiger partial charge is 0.481 e. The Labute approximate surface area is 116 Å². The molecule has 0 radical (unpaired) electrons. The molecule has 1 unspecified atom stereocenters.